The van der Waals surface area contributed by atoms with Crippen LogP contribution < -0.4 is 10.6 Å². The van der Waals surface area contributed by atoms with Gasteiger partial charge in [-0.2, -0.15) is 0 Å². The number of carbonyl (C=O) groups excluding carboxylic acids is 2. The molecule has 120 valence electrons. The van der Waals surface area contributed by atoms with Crippen molar-refractivity contribution in [2.24, 2.45) is 0 Å². The smallest absolute Gasteiger partial charge is 0.238 e. The van der Waals surface area contributed by atoms with E-state index in [2.05, 4.69) is 17.6 Å². The van der Waals surface area contributed by atoms with E-state index in [1.165, 1.54) is 6.42 Å². The van der Waals surface area contributed by atoms with Gasteiger partial charge < -0.3 is 15.5 Å². The summed E-state index contributed by atoms with van der Waals surface area (Å²) >= 11 is 0. The summed E-state index contributed by atoms with van der Waals surface area (Å²) in [5, 5.41) is 6.10. The van der Waals surface area contributed by atoms with Crippen LogP contribution in [0.1, 0.15) is 33.1 Å². The van der Waals surface area contributed by atoms with E-state index >= 15 is 0 Å². The van der Waals surface area contributed by atoms with Crippen molar-refractivity contribution in [1.29, 1.82) is 0 Å². The molecule has 2 amide bonds. The Morgan fingerprint density at radius 2 is 2.10 bits per heavy atom. The van der Waals surface area contributed by atoms with Crippen molar-refractivity contribution in [2.75, 3.05) is 39.3 Å². The van der Waals surface area contributed by atoms with Crippen LogP contribution in [0, 0.1) is 0 Å². The Kier molecular flexibility index (Phi) is 5.99. The molecule has 2 unspecified atom stereocenters. The minimum atomic E-state index is -0.234. The Morgan fingerprint density at radius 1 is 1.29 bits per heavy atom. The maximum Gasteiger partial charge on any atom is 0.238 e. The molecule has 0 bridgehead atoms. The lowest BCUT2D eigenvalue weighted by molar-refractivity contribution is -0.138. The third kappa shape index (κ3) is 4.17. The Hall–Kier alpha value is -1.14. The van der Waals surface area contributed by atoms with Crippen LogP contribution in [0.3, 0.4) is 0 Å². The van der Waals surface area contributed by atoms with Crippen molar-refractivity contribution < 1.29 is 9.59 Å². The summed E-state index contributed by atoms with van der Waals surface area (Å²) in [6.07, 6.45) is 3.39. The highest BCUT2D eigenvalue weighted by Gasteiger charge is 2.32. The lowest BCUT2D eigenvalue weighted by atomic mass is 10.0. The number of nitrogens with zero attached hydrogens (tertiary/aromatic N) is 2. The van der Waals surface area contributed by atoms with Gasteiger partial charge in [-0.05, 0) is 33.1 Å². The predicted molar refractivity (Wildman–Crippen MR) is 81.9 cm³/mol. The summed E-state index contributed by atoms with van der Waals surface area (Å²) in [5.41, 5.74) is 0. The maximum absolute atomic E-state index is 12.5. The molecule has 2 aliphatic rings. The zero-order valence-corrected chi connectivity index (χ0v) is 13.2. The number of carbonyl (C=O) groups is 2. The number of piperidine rings is 1. The van der Waals surface area contributed by atoms with Gasteiger partial charge >= 0.3 is 0 Å². The first-order chi connectivity index (χ1) is 10.1. The largest absolute Gasteiger partial charge is 0.355 e. The van der Waals surface area contributed by atoms with Crippen molar-refractivity contribution >= 4 is 11.8 Å². The molecule has 2 aliphatic heterocycles. The summed E-state index contributed by atoms with van der Waals surface area (Å²) in [7, 11) is 0. The Balaban J connectivity index is 1.94. The van der Waals surface area contributed by atoms with Crippen molar-refractivity contribution in [3.05, 3.63) is 0 Å². The van der Waals surface area contributed by atoms with Gasteiger partial charge in [0.05, 0.1) is 6.54 Å². The molecule has 2 saturated heterocycles. The van der Waals surface area contributed by atoms with Crippen LogP contribution >= 0.6 is 0 Å². The van der Waals surface area contributed by atoms with E-state index in [4.69, 9.17) is 0 Å². The second-order valence-corrected chi connectivity index (χ2v) is 6.02. The van der Waals surface area contributed by atoms with Gasteiger partial charge in [0.1, 0.15) is 6.04 Å². The zero-order valence-electron chi connectivity index (χ0n) is 13.2. The number of nitrogens with one attached hydrogen (secondary N) is 2. The number of hydrogen-bond acceptors (Lipinski definition) is 4. The fourth-order valence-corrected chi connectivity index (χ4v) is 3.22. The molecule has 2 heterocycles. The summed E-state index contributed by atoms with van der Waals surface area (Å²) in [5.74, 6) is 0.183. The fourth-order valence-electron chi connectivity index (χ4n) is 3.22. The van der Waals surface area contributed by atoms with Crippen molar-refractivity contribution in [1.82, 2.24) is 20.4 Å². The second kappa shape index (κ2) is 7.75. The first kappa shape index (κ1) is 16.2. The van der Waals surface area contributed by atoms with E-state index in [0.29, 0.717) is 25.7 Å². The highest BCUT2D eigenvalue weighted by atomic mass is 16.2. The van der Waals surface area contributed by atoms with E-state index < -0.39 is 0 Å². The third-order valence-electron chi connectivity index (χ3n) is 4.47. The number of likely N-dealkylation sites (tertiary alicyclic amines) is 1. The number of amides is 2. The van der Waals surface area contributed by atoms with Crippen molar-refractivity contribution in [3.63, 3.8) is 0 Å². The molecule has 0 radical (unpaired) electrons. The zero-order chi connectivity index (χ0) is 15.2. The van der Waals surface area contributed by atoms with E-state index in [1.54, 1.807) is 0 Å². The van der Waals surface area contributed by atoms with Gasteiger partial charge in [0.15, 0.2) is 0 Å². The van der Waals surface area contributed by atoms with Crippen LogP contribution in [0.4, 0.5) is 0 Å². The highest BCUT2D eigenvalue weighted by Crippen LogP contribution is 2.17. The van der Waals surface area contributed by atoms with Gasteiger partial charge in [0.25, 0.3) is 0 Å². The van der Waals surface area contributed by atoms with E-state index in [9.17, 15) is 9.59 Å². The summed E-state index contributed by atoms with van der Waals surface area (Å²) in [6.45, 7) is 8.07. The predicted octanol–water partition coefficient (Wildman–Crippen LogP) is -0.203. The molecule has 0 saturated carbocycles. The average Bonchev–Trinajstić information content (AvgIpc) is 2.48. The molecule has 2 N–H and O–H groups in total. The molecule has 0 aromatic heterocycles. The molecule has 6 nitrogen and oxygen atoms in total. The monoisotopic (exact) mass is 296 g/mol. The summed E-state index contributed by atoms with van der Waals surface area (Å²) in [6, 6.07) is 0.0971. The van der Waals surface area contributed by atoms with Gasteiger partial charge in [-0.1, -0.05) is 0 Å². The van der Waals surface area contributed by atoms with Crippen LogP contribution in [0.25, 0.3) is 0 Å². The Labute approximate surface area is 127 Å². The molecule has 0 aromatic carbocycles. The van der Waals surface area contributed by atoms with Crippen molar-refractivity contribution in [2.45, 2.75) is 45.2 Å². The van der Waals surface area contributed by atoms with Gasteiger partial charge in [0, 0.05) is 38.8 Å². The molecule has 21 heavy (non-hydrogen) atoms. The first-order valence-electron chi connectivity index (χ1n) is 8.15. The van der Waals surface area contributed by atoms with Gasteiger partial charge in [-0.15, -0.1) is 0 Å². The van der Waals surface area contributed by atoms with E-state index in [1.807, 2.05) is 16.7 Å². The van der Waals surface area contributed by atoms with Crippen LogP contribution in [0.5, 0.6) is 0 Å². The number of likely N-dealkylation sites (N-methyl/N-ethyl adjacent to an activating group) is 1. The first-order valence-corrected chi connectivity index (χ1v) is 8.15. The minimum absolute atomic E-state index is 0.0178. The molecule has 0 aromatic rings. The normalized spacial score (nSPS) is 27.4. The van der Waals surface area contributed by atoms with Gasteiger partial charge in [-0.3, -0.25) is 14.5 Å². The Morgan fingerprint density at radius 3 is 2.81 bits per heavy atom. The molecular formula is C15H28N4O2. The number of rotatable bonds is 4. The average molecular weight is 296 g/mol. The summed E-state index contributed by atoms with van der Waals surface area (Å²) < 4.78 is 0. The van der Waals surface area contributed by atoms with Crippen LogP contribution in [-0.2, 0) is 9.59 Å². The SMILES string of the molecule is CCNC(=O)C1CNCCN1CC(=O)N1CCCCC1C. The third-order valence-corrected chi connectivity index (χ3v) is 4.47. The van der Waals surface area contributed by atoms with Gasteiger partial charge in [-0.25, -0.2) is 0 Å². The molecule has 2 atom stereocenters. The maximum atomic E-state index is 12.5. The molecule has 6 heteroatoms. The molecule has 0 aliphatic carbocycles. The van der Waals surface area contributed by atoms with E-state index in [-0.39, 0.29) is 17.9 Å². The topological polar surface area (TPSA) is 64.7 Å². The second-order valence-electron chi connectivity index (χ2n) is 6.02. The number of hydrogen-bond donors (Lipinski definition) is 2. The van der Waals surface area contributed by atoms with Crippen LogP contribution in [-0.4, -0.2) is 73.0 Å². The quantitative estimate of drug-likeness (QED) is 0.754. The summed E-state index contributed by atoms with van der Waals surface area (Å²) in [4.78, 5) is 28.7. The Bertz CT molecular complexity index is 375. The van der Waals surface area contributed by atoms with Crippen LogP contribution in [0.2, 0.25) is 0 Å². The van der Waals surface area contributed by atoms with Crippen LogP contribution in [0.15, 0.2) is 0 Å². The number of piperazine rings is 1. The van der Waals surface area contributed by atoms with Gasteiger partial charge in [0.2, 0.25) is 11.8 Å². The standard InChI is InChI=1S/C15H28N4O2/c1-3-17-15(21)13-10-16-7-9-18(13)11-14(20)19-8-5-4-6-12(19)2/h12-13,16H,3-11H2,1-2H3,(H,17,21). The molecule has 2 rings (SSSR count). The molecular weight excluding hydrogens is 268 g/mol. The molecule has 0 spiro atoms. The minimum Gasteiger partial charge on any atom is -0.355 e. The molecule has 2 fully saturated rings. The highest BCUT2D eigenvalue weighted by molar-refractivity contribution is 5.84. The fraction of sp³-hybridized carbons (Fsp3) is 0.867. The van der Waals surface area contributed by atoms with Crippen molar-refractivity contribution in [3.8, 4) is 0 Å². The lowest BCUT2D eigenvalue weighted by Gasteiger charge is -2.38. The van der Waals surface area contributed by atoms with E-state index in [0.717, 1.165) is 32.5 Å². The lowest BCUT2D eigenvalue weighted by Crippen LogP contribution is -2.60.